The van der Waals surface area contributed by atoms with E-state index in [1.54, 1.807) is 7.11 Å². The third-order valence-corrected chi connectivity index (χ3v) is 5.24. The number of carbonyl (C=O) groups is 1. The lowest BCUT2D eigenvalue weighted by Gasteiger charge is -2.36. The number of anilines is 2. The van der Waals surface area contributed by atoms with E-state index in [4.69, 9.17) is 4.74 Å². The van der Waals surface area contributed by atoms with Gasteiger partial charge in [0.15, 0.2) is 0 Å². The molecule has 0 unspecified atom stereocenters. The highest BCUT2D eigenvalue weighted by atomic mass is 16.5. The van der Waals surface area contributed by atoms with Crippen molar-refractivity contribution in [1.29, 1.82) is 0 Å². The van der Waals surface area contributed by atoms with E-state index in [0.717, 1.165) is 49.8 Å². The molecular weight excluding hydrogens is 338 g/mol. The third kappa shape index (κ3) is 5.01. The molecule has 2 aromatic carbocycles. The first-order chi connectivity index (χ1) is 13.1. The van der Waals surface area contributed by atoms with Gasteiger partial charge in [0.2, 0.25) is 5.91 Å². The van der Waals surface area contributed by atoms with Crippen molar-refractivity contribution in [3.05, 3.63) is 53.6 Å². The summed E-state index contributed by atoms with van der Waals surface area (Å²) in [6, 6.07) is 14.2. The molecule has 0 saturated carbocycles. The zero-order valence-electron chi connectivity index (χ0n) is 16.5. The fourth-order valence-corrected chi connectivity index (χ4v) is 3.41. The predicted octanol–water partition coefficient (Wildman–Crippen LogP) is 3.46. The molecule has 1 fully saturated rings. The van der Waals surface area contributed by atoms with Crippen LogP contribution in [0.5, 0.6) is 5.75 Å². The highest BCUT2D eigenvalue weighted by Gasteiger charge is 2.19. The van der Waals surface area contributed by atoms with Gasteiger partial charge in [-0.1, -0.05) is 18.2 Å². The zero-order valence-corrected chi connectivity index (χ0v) is 16.5. The minimum absolute atomic E-state index is 0.0745. The number of nitrogens with zero attached hydrogens (tertiary/aromatic N) is 2. The van der Waals surface area contributed by atoms with E-state index < -0.39 is 0 Å². The average molecular weight is 367 g/mol. The molecule has 1 saturated heterocycles. The maximum Gasteiger partial charge on any atom is 0.225 e. The Bertz CT molecular complexity index is 783. The molecule has 27 heavy (non-hydrogen) atoms. The zero-order chi connectivity index (χ0) is 19.2. The van der Waals surface area contributed by atoms with Crippen molar-refractivity contribution in [3.63, 3.8) is 0 Å². The summed E-state index contributed by atoms with van der Waals surface area (Å²) in [4.78, 5) is 17.0. The summed E-state index contributed by atoms with van der Waals surface area (Å²) in [5.74, 6) is 0.990. The predicted molar refractivity (Wildman–Crippen MR) is 111 cm³/mol. The molecule has 0 radical (unpaired) electrons. The Morgan fingerprint density at radius 2 is 1.78 bits per heavy atom. The molecule has 1 aliphatic heterocycles. The first-order valence-electron chi connectivity index (χ1n) is 9.54. The summed E-state index contributed by atoms with van der Waals surface area (Å²) in [6.07, 6.45) is 0.515. The maximum absolute atomic E-state index is 12.3. The van der Waals surface area contributed by atoms with Gasteiger partial charge in [-0.3, -0.25) is 9.69 Å². The van der Waals surface area contributed by atoms with Crippen molar-refractivity contribution in [3.8, 4) is 5.75 Å². The fourth-order valence-electron chi connectivity index (χ4n) is 3.41. The van der Waals surface area contributed by atoms with Gasteiger partial charge in [-0.05, 0) is 49.2 Å². The highest BCUT2D eigenvalue weighted by molar-refractivity contribution is 5.90. The van der Waals surface area contributed by atoms with Gasteiger partial charge in [0.1, 0.15) is 5.75 Å². The third-order valence-electron chi connectivity index (χ3n) is 5.24. The lowest BCUT2D eigenvalue weighted by Crippen LogP contribution is -2.47. The molecule has 0 bridgehead atoms. The number of hydrogen-bond donors (Lipinski definition) is 1. The molecular formula is C22H29N3O2. The van der Waals surface area contributed by atoms with Crippen molar-refractivity contribution in [2.24, 2.45) is 0 Å². The molecule has 0 aliphatic carbocycles. The van der Waals surface area contributed by atoms with Crippen LogP contribution < -0.4 is 15.0 Å². The topological polar surface area (TPSA) is 44.8 Å². The van der Waals surface area contributed by atoms with Crippen molar-refractivity contribution >= 4 is 17.3 Å². The van der Waals surface area contributed by atoms with E-state index in [1.807, 2.05) is 36.4 Å². The lowest BCUT2D eigenvalue weighted by molar-refractivity contribution is -0.116. The molecule has 1 amide bonds. The first-order valence-corrected chi connectivity index (χ1v) is 9.54. The van der Waals surface area contributed by atoms with Crippen LogP contribution in [-0.2, 0) is 4.79 Å². The number of amides is 1. The number of ether oxygens (including phenoxy) is 1. The van der Waals surface area contributed by atoms with Crippen LogP contribution in [0.15, 0.2) is 42.5 Å². The van der Waals surface area contributed by atoms with Gasteiger partial charge >= 0.3 is 0 Å². The van der Waals surface area contributed by atoms with Crippen molar-refractivity contribution in [2.45, 2.75) is 20.3 Å². The molecule has 5 heteroatoms. The van der Waals surface area contributed by atoms with E-state index in [-0.39, 0.29) is 5.91 Å². The van der Waals surface area contributed by atoms with Crippen LogP contribution in [0, 0.1) is 13.8 Å². The second-order valence-electron chi connectivity index (χ2n) is 7.10. The summed E-state index contributed by atoms with van der Waals surface area (Å²) >= 11 is 0. The number of hydrogen-bond acceptors (Lipinski definition) is 4. The van der Waals surface area contributed by atoms with Gasteiger partial charge in [0, 0.05) is 44.8 Å². The molecule has 3 rings (SSSR count). The Kier molecular flexibility index (Phi) is 6.35. The molecule has 5 nitrogen and oxygen atoms in total. The van der Waals surface area contributed by atoms with E-state index in [1.165, 1.54) is 11.1 Å². The fraction of sp³-hybridized carbons (Fsp3) is 0.409. The second kappa shape index (κ2) is 8.91. The largest absolute Gasteiger partial charge is 0.495 e. The Labute approximate surface area is 161 Å². The quantitative estimate of drug-likeness (QED) is 0.849. The van der Waals surface area contributed by atoms with Crippen molar-refractivity contribution in [2.75, 3.05) is 50.1 Å². The molecule has 1 N–H and O–H groups in total. The Morgan fingerprint density at radius 3 is 2.48 bits per heavy atom. The van der Waals surface area contributed by atoms with Gasteiger partial charge in [-0.15, -0.1) is 0 Å². The van der Waals surface area contributed by atoms with E-state index in [2.05, 4.69) is 35.0 Å². The van der Waals surface area contributed by atoms with Crippen molar-refractivity contribution in [1.82, 2.24) is 4.90 Å². The van der Waals surface area contributed by atoms with Crippen LogP contribution in [0.2, 0.25) is 0 Å². The molecule has 0 aromatic heterocycles. The molecule has 144 valence electrons. The van der Waals surface area contributed by atoms with Gasteiger partial charge < -0.3 is 15.0 Å². The van der Waals surface area contributed by atoms with Crippen LogP contribution in [0.25, 0.3) is 0 Å². The number of methoxy groups -OCH3 is 1. The number of piperazine rings is 1. The molecule has 1 heterocycles. The number of benzene rings is 2. The van der Waals surface area contributed by atoms with Crippen molar-refractivity contribution < 1.29 is 9.53 Å². The number of carbonyl (C=O) groups excluding carboxylic acids is 1. The lowest BCUT2D eigenvalue weighted by atomic mass is 10.1. The molecule has 1 aliphatic rings. The molecule has 0 atom stereocenters. The van der Waals surface area contributed by atoms with Gasteiger partial charge in [0.25, 0.3) is 0 Å². The van der Waals surface area contributed by atoms with Gasteiger partial charge in [0.05, 0.1) is 12.8 Å². The maximum atomic E-state index is 12.3. The number of nitrogens with one attached hydrogen (secondary N) is 1. The van der Waals surface area contributed by atoms with Gasteiger partial charge in [-0.2, -0.15) is 0 Å². The molecule has 0 spiro atoms. The Morgan fingerprint density at radius 1 is 1.04 bits per heavy atom. The molecule has 2 aromatic rings. The summed E-state index contributed by atoms with van der Waals surface area (Å²) < 4.78 is 5.47. The number of aryl methyl sites for hydroxylation is 2. The second-order valence-corrected chi connectivity index (χ2v) is 7.10. The Balaban J connectivity index is 1.45. The Hall–Kier alpha value is -2.53. The van der Waals surface area contributed by atoms with E-state index >= 15 is 0 Å². The number of para-hydroxylation sites is 2. The summed E-state index contributed by atoms with van der Waals surface area (Å²) in [7, 11) is 1.71. The number of rotatable bonds is 6. The smallest absolute Gasteiger partial charge is 0.225 e. The van der Waals surface area contributed by atoms with E-state index in [9.17, 15) is 4.79 Å². The minimum Gasteiger partial charge on any atom is -0.495 e. The van der Waals surface area contributed by atoms with Crippen LogP contribution in [0.1, 0.15) is 17.5 Å². The summed E-state index contributed by atoms with van der Waals surface area (Å²) in [5.41, 5.74) is 4.46. The SMILES string of the molecule is COc1ccccc1N1CCN(CCC(=O)Nc2ccc(C)c(C)c2)CC1. The normalized spacial score (nSPS) is 14.9. The summed E-state index contributed by atoms with van der Waals surface area (Å²) in [6.45, 7) is 8.72. The van der Waals surface area contributed by atoms with Crippen LogP contribution in [0.4, 0.5) is 11.4 Å². The monoisotopic (exact) mass is 367 g/mol. The van der Waals surface area contributed by atoms with E-state index in [0.29, 0.717) is 6.42 Å². The highest BCUT2D eigenvalue weighted by Crippen LogP contribution is 2.28. The van der Waals surface area contributed by atoms with Gasteiger partial charge in [-0.25, -0.2) is 0 Å². The standard InChI is InChI=1S/C22H29N3O2/c1-17-8-9-19(16-18(17)2)23-22(26)10-11-24-12-14-25(15-13-24)20-6-4-5-7-21(20)27-3/h4-9,16H,10-15H2,1-3H3,(H,23,26). The minimum atomic E-state index is 0.0745. The van der Waals surface area contributed by atoms with Crippen LogP contribution in [-0.4, -0.2) is 50.6 Å². The summed E-state index contributed by atoms with van der Waals surface area (Å²) in [5, 5.41) is 3.01. The first kappa shape index (κ1) is 19.2. The van der Waals surface area contributed by atoms with Crippen LogP contribution >= 0.6 is 0 Å². The van der Waals surface area contributed by atoms with Crippen LogP contribution in [0.3, 0.4) is 0 Å². The average Bonchev–Trinajstić information content (AvgIpc) is 2.69.